The normalized spacial score (nSPS) is 11.5. The number of nitriles is 1. The number of hydrogen-bond acceptors (Lipinski definition) is 3. The van der Waals surface area contributed by atoms with Crippen molar-refractivity contribution < 1.29 is 22.7 Å². The number of ether oxygens (including phenoxy) is 1. The van der Waals surface area contributed by atoms with Crippen molar-refractivity contribution in [3.8, 4) is 11.8 Å². The molecule has 1 N–H and O–H groups in total. The van der Waals surface area contributed by atoms with E-state index in [0.717, 1.165) is 23.3 Å². The highest BCUT2D eigenvalue weighted by Crippen LogP contribution is 2.30. The van der Waals surface area contributed by atoms with Crippen molar-refractivity contribution in [3.05, 3.63) is 101 Å². The summed E-state index contributed by atoms with van der Waals surface area (Å²) in [5, 5.41) is 11.6. The van der Waals surface area contributed by atoms with Crippen LogP contribution in [0.3, 0.4) is 0 Å². The van der Waals surface area contributed by atoms with Crippen molar-refractivity contribution in [2.24, 2.45) is 0 Å². The standard InChI is InChI=1S/C25H19F3N2O2/c1-17-5-7-19(8-6-17)16-32-23-11-9-18(10-12-23)13-20(15-29)24(31)30-22-4-2-3-21(14-22)25(26,27)28/h2-14H,16H2,1H3,(H,30,31)/b20-13+. The third-order valence-electron chi connectivity index (χ3n) is 4.53. The molecule has 32 heavy (non-hydrogen) atoms. The summed E-state index contributed by atoms with van der Waals surface area (Å²) in [5.74, 6) is -0.179. The molecule has 0 spiro atoms. The number of hydrogen-bond donors (Lipinski definition) is 1. The average molecular weight is 436 g/mol. The minimum atomic E-state index is -4.53. The first-order valence-corrected chi connectivity index (χ1v) is 9.63. The Morgan fingerprint density at radius 2 is 1.75 bits per heavy atom. The summed E-state index contributed by atoms with van der Waals surface area (Å²) in [6.07, 6.45) is -3.18. The van der Waals surface area contributed by atoms with E-state index in [4.69, 9.17) is 4.74 Å². The van der Waals surface area contributed by atoms with E-state index in [1.807, 2.05) is 31.2 Å². The zero-order valence-corrected chi connectivity index (χ0v) is 17.1. The van der Waals surface area contributed by atoms with E-state index < -0.39 is 17.6 Å². The highest BCUT2D eigenvalue weighted by molar-refractivity contribution is 6.09. The van der Waals surface area contributed by atoms with Gasteiger partial charge in [-0.05, 0) is 54.5 Å². The van der Waals surface area contributed by atoms with Crippen molar-refractivity contribution in [2.75, 3.05) is 5.32 Å². The third kappa shape index (κ3) is 6.22. The molecule has 3 aromatic carbocycles. The number of aryl methyl sites for hydroxylation is 1. The van der Waals surface area contributed by atoms with Crippen molar-refractivity contribution in [1.29, 1.82) is 5.26 Å². The van der Waals surface area contributed by atoms with Crippen LogP contribution in [-0.4, -0.2) is 5.91 Å². The number of carbonyl (C=O) groups excluding carboxylic acids is 1. The maximum atomic E-state index is 12.8. The van der Waals surface area contributed by atoms with Crippen molar-refractivity contribution in [1.82, 2.24) is 0 Å². The third-order valence-corrected chi connectivity index (χ3v) is 4.53. The molecule has 0 saturated carbocycles. The number of halogens is 3. The molecule has 162 valence electrons. The molecule has 0 fully saturated rings. The predicted molar refractivity (Wildman–Crippen MR) is 116 cm³/mol. The van der Waals surface area contributed by atoms with Gasteiger partial charge in [-0.15, -0.1) is 0 Å². The first-order chi connectivity index (χ1) is 15.2. The summed E-state index contributed by atoms with van der Waals surface area (Å²) in [6, 6.07) is 20.7. The fourth-order valence-electron chi connectivity index (χ4n) is 2.80. The van der Waals surface area contributed by atoms with Crippen molar-refractivity contribution >= 4 is 17.7 Å². The fraction of sp³-hybridized carbons (Fsp3) is 0.120. The Morgan fingerprint density at radius 1 is 1.06 bits per heavy atom. The Kier molecular flexibility index (Phi) is 6.96. The molecule has 3 aromatic rings. The second kappa shape index (κ2) is 9.84. The first kappa shape index (κ1) is 22.6. The molecule has 4 nitrogen and oxygen atoms in total. The Balaban J connectivity index is 1.66. The van der Waals surface area contributed by atoms with E-state index in [1.54, 1.807) is 30.3 Å². The van der Waals surface area contributed by atoms with Gasteiger partial charge in [0.1, 0.15) is 24.0 Å². The Bertz CT molecular complexity index is 1160. The van der Waals surface area contributed by atoms with Gasteiger partial charge in [-0.1, -0.05) is 48.0 Å². The van der Waals surface area contributed by atoms with Gasteiger partial charge in [-0.25, -0.2) is 0 Å². The summed E-state index contributed by atoms with van der Waals surface area (Å²) in [5.41, 5.74) is 1.58. The molecule has 0 saturated heterocycles. The molecular formula is C25H19F3N2O2. The smallest absolute Gasteiger partial charge is 0.416 e. The Labute approximate surface area is 183 Å². The van der Waals surface area contributed by atoms with Gasteiger partial charge in [-0.3, -0.25) is 4.79 Å². The lowest BCUT2D eigenvalue weighted by Gasteiger charge is -2.09. The van der Waals surface area contributed by atoms with Crippen LogP contribution in [0.25, 0.3) is 6.08 Å². The van der Waals surface area contributed by atoms with E-state index >= 15 is 0 Å². The van der Waals surface area contributed by atoms with Gasteiger partial charge in [0.05, 0.1) is 5.56 Å². The Morgan fingerprint density at radius 3 is 2.38 bits per heavy atom. The van der Waals surface area contributed by atoms with E-state index in [-0.39, 0.29) is 11.3 Å². The highest BCUT2D eigenvalue weighted by Gasteiger charge is 2.30. The molecule has 0 unspecified atom stereocenters. The largest absolute Gasteiger partial charge is 0.489 e. The van der Waals surface area contributed by atoms with E-state index in [0.29, 0.717) is 17.9 Å². The minimum Gasteiger partial charge on any atom is -0.489 e. The van der Waals surface area contributed by atoms with Gasteiger partial charge in [0.15, 0.2) is 0 Å². The van der Waals surface area contributed by atoms with Crippen LogP contribution in [0.1, 0.15) is 22.3 Å². The zero-order chi connectivity index (χ0) is 23.1. The quantitative estimate of drug-likeness (QED) is 0.373. The lowest BCUT2D eigenvalue weighted by atomic mass is 10.1. The lowest BCUT2D eigenvalue weighted by molar-refractivity contribution is -0.137. The van der Waals surface area contributed by atoms with Gasteiger partial charge >= 0.3 is 6.18 Å². The zero-order valence-electron chi connectivity index (χ0n) is 17.1. The van der Waals surface area contributed by atoms with Gasteiger partial charge in [0.2, 0.25) is 0 Å². The maximum absolute atomic E-state index is 12.8. The summed E-state index contributed by atoms with van der Waals surface area (Å²) in [6.45, 7) is 2.41. The Hall–Kier alpha value is -4.05. The number of amides is 1. The van der Waals surface area contributed by atoms with Crippen LogP contribution in [0.5, 0.6) is 5.75 Å². The number of anilines is 1. The number of nitrogens with one attached hydrogen (secondary N) is 1. The molecule has 0 aliphatic rings. The lowest BCUT2D eigenvalue weighted by Crippen LogP contribution is -2.14. The second-order valence-electron chi connectivity index (χ2n) is 7.05. The molecule has 3 rings (SSSR count). The molecule has 0 bridgehead atoms. The number of rotatable bonds is 6. The van der Waals surface area contributed by atoms with Crippen LogP contribution in [0.2, 0.25) is 0 Å². The van der Waals surface area contributed by atoms with E-state index in [2.05, 4.69) is 5.32 Å². The molecule has 0 aliphatic carbocycles. The molecule has 0 aliphatic heterocycles. The van der Waals surface area contributed by atoms with Crippen LogP contribution >= 0.6 is 0 Å². The van der Waals surface area contributed by atoms with Crippen molar-refractivity contribution in [3.63, 3.8) is 0 Å². The van der Waals surface area contributed by atoms with Crippen LogP contribution in [0, 0.1) is 18.3 Å². The monoisotopic (exact) mass is 436 g/mol. The SMILES string of the molecule is Cc1ccc(COc2ccc(/C=C(\C#N)C(=O)Nc3cccc(C(F)(F)F)c3)cc2)cc1. The second-order valence-corrected chi connectivity index (χ2v) is 7.05. The van der Waals surface area contributed by atoms with E-state index in [1.165, 1.54) is 18.2 Å². The van der Waals surface area contributed by atoms with Gasteiger partial charge in [0.25, 0.3) is 5.91 Å². The molecular weight excluding hydrogens is 417 g/mol. The number of nitrogens with zero attached hydrogens (tertiary/aromatic N) is 1. The topological polar surface area (TPSA) is 62.1 Å². The first-order valence-electron chi connectivity index (χ1n) is 9.63. The number of benzene rings is 3. The minimum absolute atomic E-state index is 0.0502. The summed E-state index contributed by atoms with van der Waals surface area (Å²) >= 11 is 0. The van der Waals surface area contributed by atoms with Crippen LogP contribution in [0.15, 0.2) is 78.4 Å². The van der Waals surface area contributed by atoms with Crippen LogP contribution < -0.4 is 10.1 Å². The van der Waals surface area contributed by atoms with Crippen LogP contribution in [-0.2, 0) is 17.6 Å². The highest BCUT2D eigenvalue weighted by atomic mass is 19.4. The van der Waals surface area contributed by atoms with Crippen molar-refractivity contribution in [2.45, 2.75) is 19.7 Å². The summed E-state index contributed by atoms with van der Waals surface area (Å²) in [4.78, 5) is 12.4. The molecule has 0 atom stereocenters. The van der Waals surface area contributed by atoms with Gasteiger partial charge in [0, 0.05) is 5.69 Å². The summed E-state index contributed by atoms with van der Waals surface area (Å²) < 4.78 is 44.2. The predicted octanol–water partition coefficient (Wildman–Crippen LogP) is 6.14. The number of carbonyl (C=O) groups is 1. The van der Waals surface area contributed by atoms with E-state index in [9.17, 15) is 23.2 Å². The molecule has 7 heteroatoms. The molecule has 0 heterocycles. The summed E-state index contributed by atoms with van der Waals surface area (Å²) in [7, 11) is 0. The maximum Gasteiger partial charge on any atom is 0.416 e. The molecule has 1 amide bonds. The number of alkyl halides is 3. The molecule has 0 radical (unpaired) electrons. The van der Waals surface area contributed by atoms with Gasteiger partial charge in [-0.2, -0.15) is 18.4 Å². The van der Waals surface area contributed by atoms with Gasteiger partial charge < -0.3 is 10.1 Å². The fourth-order valence-corrected chi connectivity index (χ4v) is 2.80. The molecule has 0 aromatic heterocycles. The van der Waals surface area contributed by atoms with Crippen LogP contribution in [0.4, 0.5) is 18.9 Å². The average Bonchev–Trinajstić information content (AvgIpc) is 2.77.